The lowest BCUT2D eigenvalue weighted by Crippen LogP contribution is -2.27. The zero-order valence-electron chi connectivity index (χ0n) is 13.1. The summed E-state index contributed by atoms with van der Waals surface area (Å²) in [6.07, 6.45) is 0.708. The molecule has 1 aromatic carbocycles. The van der Waals surface area contributed by atoms with Crippen LogP contribution in [0.4, 0.5) is 16.2 Å². The molecular weight excluding hydrogens is 252 g/mol. The van der Waals surface area contributed by atoms with Gasteiger partial charge in [-0.3, -0.25) is 5.32 Å². The molecule has 0 aromatic heterocycles. The minimum atomic E-state index is -0.490. The topological polar surface area (TPSA) is 50.4 Å². The van der Waals surface area contributed by atoms with Crippen molar-refractivity contribution in [2.75, 3.05) is 17.2 Å². The van der Waals surface area contributed by atoms with Crippen LogP contribution in [-0.4, -0.2) is 18.2 Å². The van der Waals surface area contributed by atoms with Crippen LogP contribution in [0.15, 0.2) is 24.3 Å². The number of hydrogen-bond donors (Lipinski definition) is 2. The van der Waals surface area contributed by atoms with E-state index in [-0.39, 0.29) is 0 Å². The third-order valence-electron chi connectivity index (χ3n) is 2.86. The van der Waals surface area contributed by atoms with Gasteiger partial charge in [-0.1, -0.05) is 26.3 Å². The summed E-state index contributed by atoms with van der Waals surface area (Å²) in [7, 11) is 0. The number of ether oxygens (including phenoxy) is 1. The highest BCUT2D eigenvalue weighted by Gasteiger charge is 2.16. The average molecular weight is 278 g/mol. The molecule has 1 unspecified atom stereocenters. The predicted octanol–water partition coefficient (Wildman–Crippen LogP) is 4.49. The number of carbonyl (C=O) groups is 1. The van der Waals surface area contributed by atoms with E-state index in [9.17, 15) is 4.79 Å². The van der Waals surface area contributed by atoms with E-state index in [2.05, 4.69) is 24.5 Å². The Hall–Kier alpha value is -1.71. The van der Waals surface area contributed by atoms with Gasteiger partial charge in [-0.2, -0.15) is 0 Å². The van der Waals surface area contributed by atoms with Crippen LogP contribution < -0.4 is 10.6 Å². The summed E-state index contributed by atoms with van der Waals surface area (Å²) in [6, 6.07) is 7.65. The Balaban J connectivity index is 2.57. The maximum Gasteiger partial charge on any atom is 0.412 e. The number of nitrogens with one attached hydrogen (secondary N) is 2. The molecule has 1 atom stereocenters. The molecular formula is C16H26N2O2. The van der Waals surface area contributed by atoms with Gasteiger partial charge < -0.3 is 10.1 Å². The fraction of sp³-hybridized carbons (Fsp3) is 0.562. The zero-order chi connectivity index (χ0) is 15.2. The first-order valence-corrected chi connectivity index (χ1v) is 7.14. The molecule has 20 heavy (non-hydrogen) atoms. The number of amides is 1. The first kappa shape index (κ1) is 16.3. The molecule has 0 saturated carbocycles. The Morgan fingerprint density at radius 1 is 1.30 bits per heavy atom. The molecule has 0 heterocycles. The molecule has 0 radical (unpaired) electrons. The fourth-order valence-electron chi connectivity index (χ4n) is 1.56. The van der Waals surface area contributed by atoms with Crippen molar-refractivity contribution >= 4 is 17.5 Å². The van der Waals surface area contributed by atoms with Crippen molar-refractivity contribution in [2.24, 2.45) is 5.92 Å². The molecule has 1 amide bonds. The van der Waals surface area contributed by atoms with E-state index in [1.54, 1.807) is 0 Å². The first-order chi connectivity index (χ1) is 9.30. The van der Waals surface area contributed by atoms with Gasteiger partial charge in [-0.05, 0) is 44.9 Å². The summed E-state index contributed by atoms with van der Waals surface area (Å²) < 4.78 is 5.23. The Bertz CT molecular complexity index is 438. The van der Waals surface area contributed by atoms with E-state index in [0.29, 0.717) is 5.92 Å². The van der Waals surface area contributed by atoms with E-state index >= 15 is 0 Å². The van der Waals surface area contributed by atoms with Crippen LogP contribution in [0.5, 0.6) is 0 Å². The molecule has 1 rings (SSSR count). The van der Waals surface area contributed by atoms with Crippen molar-refractivity contribution in [1.82, 2.24) is 0 Å². The van der Waals surface area contributed by atoms with Crippen LogP contribution >= 0.6 is 0 Å². The lowest BCUT2D eigenvalue weighted by atomic mass is 10.1. The summed E-state index contributed by atoms with van der Waals surface area (Å²) in [5.41, 5.74) is 1.24. The molecule has 0 saturated heterocycles. The normalized spacial score (nSPS) is 12.7. The number of benzene rings is 1. The van der Waals surface area contributed by atoms with Gasteiger partial charge in [0.05, 0.1) is 0 Å². The molecule has 1 aromatic rings. The molecule has 2 N–H and O–H groups in total. The van der Waals surface area contributed by atoms with E-state index in [4.69, 9.17) is 4.74 Å². The smallest absolute Gasteiger partial charge is 0.412 e. The van der Waals surface area contributed by atoms with Crippen LogP contribution in [0.25, 0.3) is 0 Å². The summed E-state index contributed by atoms with van der Waals surface area (Å²) in [6.45, 7) is 10.8. The van der Waals surface area contributed by atoms with Crippen molar-refractivity contribution in [1.29, 1.82) is 0 Å². The minimum absolute atomic E-state index is 0.434. The van der Waals surface area contributed by atoms with Gasteiger partial charge in [0.15, 0.2) is 0 Å². The highest BCUT2D eigenvalue weighted by Crippen LogP contribution is 2.17. The zero-order valence-corrected chi connectivity index (χ0v) is 13.1. The molecule has 4 heteroatoms. The Labute approximate surface area is 121 Å². The van der Waals surface area contributed by atoms with Gasteiger partial charge in [-0.15, -0.1) is 0 Å². The molecule has 112 valence electrons. The van der Waals surface area contributed by atoms with Gasteiger partial charge in [0.25, 0.3) is 0 Å². The third kappa shape index (κ3) is 6.45. The molecule has 4 nitrogen and oxygen atoms in total. The maximum atomic E-state index is 11.7. The van der Waals surface area contributed by atoms with Gasteiger partial charge >= 0.3 is 6.09 Å². The van der Waals surface area contributed by atoms with Crippen LogP contribution in [-0.2, 0) is 4.74 Å². The van der Waals surface area contributed by atoms with E-state index in [1.807, 2.05) is 45.0 Å². The van der Waals surface area contributed by atoms with Gasteiger partial charge in [0.2, 0.25) is 0 Å². The van der Waals surface area contributed by atoms with E-state index in [0.717, 1.165) is 24.3 Å². The minimum Gasteiger partial charge on any atom is -0.444 e. The second kappa shape index (κ2) is 7.17. The molecule has 0 aliphatic heterocycles. The van der Waals surface area contributed by atoms with Crippen molar-refractivity contribution in [3.05, 3.63) is 24.3 Å². The standard InChI is InChI=1S/C16H26N2O2/c1-6-12(2)11-17-13-8-7-9-14(10-13)18-15(19)20-16(3,4)5/h7-10,12,17H,6,11H2,1-5H3,(H,18,19). The highest BCUT2D eigenvalue weighted by molar-refractivity contribution is 5.85. The first-order valence-electron chi connectivity index (χ1n) is 7.14. The lowest BCUT2D eigenvalue weighted by molar-refractivity contribution is 0.0636. The predicted molar refractivity (Wildman–Crippen MR) is 84.2 cm³/mol. The third-order valence-corrected chi connectivity index (χ3v) is 2.86. The molecule has 0 fully saturated rings. The molecule has 0 aliphatic rings. The van der Waals surface area contributed by atoms with E-state index in [1.165, 1.54) is 0 Å². The molecule has 0 bridgehead atoms. The van der Waals surface area contributed by atoms with Gasteiger partial charge in [-0.25, -0.2) is 4.79 Å². The largest absolute Gasteiger partial charge is 0.444 e. The Morgan fingerprint density at radius 2 is 1.95 bits per heavy atom. The average Bonchev–Trinajstić information content (AvgIpc) is 2.34. The Morgan fingerprint density at radius 3 is 2.55 bits per heavy atom. The number of hydrogen-bond acceptors (Lipinski definition) is 3. The summed E-state index contributed by atoms with van der Waals surface area (Å²) in [4.78, 5) is 11.7. The second-order valence-electron chi connectivity index (χ2n) is 6.10. The number of carbonyl (C=O) groups excluding carboxylic acids is 1. The summed E-state index contributed by atoms with van der Waals surface area (Å²) >= 11 is 0. The van der Waals surface area contributed by atoms with E-state index < -0.39 is 11.7 Å². The van der Waals surface area contributed by atoms with Crippen LogP contribution in [0, 0.1) is 5.92 Å². The summed E-state index contributed by atoms with van der Waals surface area (Å²) in [5, 5.41) is 6.10. The quantitative estimate of drug-likeness (QED) is 0.834. The van der Waals surface area contributed by atoms with Crippen molar-refractivity contribution < 1.29 is 9.53 Å². The van der Waals surface area contributed by atoms with Crippen LogP contribution in [0.1, 0.15) is 41.0 Å². The van der Waals surface area contributed by atoms with Crippen LogP contribution in [0.3, 0.4) is 0 Å². The SMILES string of the molecule is CCC(C)CNc1cccc(NC(=O)OC(C)(C)C)c1. The van der Waals surface area contributed by atoms with Crippen molar-refractivity contribution in [3.63, 3.8) is 0 Å². The monoisotopic (exact) mass is 278 g/mol. The Kier molecular flexibility index (Phi) is 5.86. The molecule has 0 spiro atoms. The second-order valence-corrected chi connectivity index (χ2v) is 6.10. The van der Waals surface area contributed by atoms with Gasteiger partial charge in [0, 0.05) is 17.9 Å². The fourth-order valence-corrected chi connectivity index (χ4v) is 1.56. The molecule has 0 aliphatic carbocycles. The number of rotatable bonds is 5. The van der Waals surface area contributed by atoms with Gasteiger partial charge in [0.1, 0.15) is 5.60 Å². The number of anilines is 2. The van der Waals surface area contributed by atoms with Crippen molar-refractivity contribution in [3.8, 4) is 0 Å². The highest BCUT2D eigenvalue weighted by atomic mass is 16.6. The maximum absolute atomic E-state index is 11.7. The van der Waals surface area contributed by atoms with Crippen molar-refractivity contribution in [2.45, 2.75) is 46.6 Å². The lowest BCUT2D eigenvalue weighted by Gasteiger charge is -2.20. The van der Waals surface area contributed by atoms with Crippen LogP contribution in [0.2, 0.25) is 0 Å². The summed E-state index contributed by atoms with van der Waals surface area (Å²) in [5.74, 6) is 0.623.